The number of amides is 1. The highest BCUT2D eigenvalue weighted by Gasteiger charge is 2.33. The van der Waals surface area contributed by atoms with Crippen molar-refractivity contribution in [3.8, 4) is 11.5 Å². The fourth-order valence-electron chi connectivity index (χ4n) is 2.70. The maximum absolute atomic E-state index is 12.6. The van der Waals surface area contributed by atoms with E-state index in [1.165, 1.54) is 12.1 Å². The molecule has 0 bridgehead atoms. The van der Waals surface area contributed by atoms with Gasteiger partial charge in [-0.2, -0.15) is 13.2 Å². The molecule has 0 unspecified atom stereocenters. The van der Waals surface area contributed by atoms with E-state index in [-0.39, 0.29) is 24.3 Å². The third-order valence-electron chi connectivity index (χ3n) is 4.36. The Labute approximate surface area is 155 Å². The molecule has 144 valence electrons. The number of alkyl halides is 3. The van der Waals surface area contributed by atoms with Crippen LogP contribution in [0.25, 0.3) is 0 Å². The summed E-state index contributed by atoms with van der Waals surface area (Å²) in [6, 6.07) is 12.0. The molecule has 1 saturated carbocycles. The van der Waals surface area contributed by atoms with Gasteiger partial charge in [0.2, 0.25) is 0 Å². The van der Waals surface area contributed by atoms with E-state index in [0.717, 1.165) is 36.3 Å². The molecule has 0 aromatic heterocycles. The van der Waals surface area contributed by atoms with Gasteiger partial charge >= 0.3 is 6.18 Å². The summed E-state index contributed by atoms with van der Waals surface area (Å²) >= 11 is 0. The van der Waals surface area contributed by atoms with Crippen LogP contribution in [0.5, 0.6) is 11.5 Å². The van der Waals surface area contributed by atoms with Crippen molar-refractivity contribution in [3.63, 3.8) is 0 Å². The predicted octanol–water partition coefficient (Wildman–Crippen LogP) is 4.28. The van der Waals surface area contributed by atoms with Gasteiger partial charge in [-0.15, -0.1) is 0 Å². The Morgan fingerprint density at radius 2 is 1.63 bits per heavy atom. The number of nitrogens with zero attached hydrogens (tertiary/aromatic N) is 1. The van der Waals surface area contributed by atoms with Crippen LogP contribution in [-0.4, -0.2) is 30.6 Å². The van der Waals surface area contributed by atoms with Crippen LogP contribution in [0.3, 0.4) is 0 Å². The molecular weight excluding hydrogens is 359 g/mol. The number of ether oxygens (including phenoxy) is 2. The van der Waals surface area contributed by atoms with Crippen LogP contribution in [0, 0.1) is 0 Å². The quantitative estimate of drug-likeness (QED) is 0.721. The van der Waals surface area contributed by atoms with Gasteiger partial charge in [-0.1, -0.05) is 12.1 Å². The van der Waals surface area contributed by atoms with E-state index >= 15 is 0 Å². The van der Waals surface area contributed by atoms with Crippen LogP contribution < -0.4 is 9.47 Å². The van der Waals surface area contributed by atoms with Gasteiger partial charge in [0.25, 0.3) is 5.91 Å². The van der Waals surface area contributed by atoms with E-state index < -0.39 is 11.7 Å². The molecule has 4 nitrogen and oxygen atoms in total. The van der Waals surface area contributed by atoms with Crippen molar-refractivity contribution in [3.05, 3.63) is 59.7 Å². The average molecular weight is 379 g/mol. The zero-order valence-corrected chi connectivity index (χ0v) is 14.8. The van der Waals surface area contributed by atoms with Gasteiger partial charge in [-0.25, -0.2) is 0 Å². The van der Waals surface area contributed by atoms with Gasteiger partial charge in [0.15, 0.2) is 6.61 Å². The summed E-state index contributed by atoms with van der Waals surface area (Å²) < 4.78 is 48.3. The van der Waals surface area contributed by atoms with Crippen molar-refractivity contribution in [2.75, 3.05) is 13.7 Å². The molecule has 0 radical (unpaired) electrons. The third kappa shape index (κ3) is 5.15. The lowest BCUT2D eigenvalue weighted by molar-refractivity contribution is -0.138. The van der Waals surface area contributed by atoms with Gasteiger partial charge in [0.1, 0.15) is 11.5 Å². The first-order valence-corrected chi connectivity index (χ1v) is 8.59. The highest BCUT2D eigenvalue weighted by Crippen LogP contribution is 2.31. The summed E-state index contributed by atoms with van der Waals surface area (Å²) in [6.45, 7) is 0.252. The molecule has 0 aliphatic heterocycles. The summed E-state index contributed by atoms with van der Waals surface area (Å²) in [5, 5.41) is 0. The summed E-state index contributed by atoms with van der Waals surface area (Å²) in [5.41, 5.74) is 0.228. The fraction of sp³-hybridized carbons (Fsp3) is 0.350. The zero-order chi connectivity index (χ0) is 19.4. The molecule has 3 rings (SSSR count). The topological polar surface area (TPSA) is 38.8 Å². The van der Waals surface area contributed by atoms with E-state index in [9.17, 15) is 18.0 Å². The second-order valence-electron chi connectivity index (χ2n) is 6.41. The van der Waals surface area contributed by atoms with Crippen LogP contribution in [-0.2, 0) is 17.5 Å². The lowest BCUT2D eigenvalue weighted by atomic mass is 10.2. The maximum atomic E-state index is 12.6. The molecule has 0 heterocycles. The first-order valence-electron chi connectivity index (χ1n) is 8.59. The number of halogens is 3. The minimum absolute atomic E-state index is 0.187. The number of carbonyl (C=O) groups excluding carboxylic acids is 1. The molecule has 1 fully saturated rings. The lowest BCUT2D eigenvalue weighted by Gasteiger charge is -2.23. The number of hydrogen-bond donors (Lipinski definition) is 0. The van der Waals surface area contributed by atoms with E-state index in [0.29, 0.717) is 6.54 Å². The van der Waals surface area contributed by atoms with Crippen molar-refractivity contribution < 1.29 is 27.4 Å². The Morgan fingerprint density at radius 1 is 1.04 bits per heavy atom. The third-order valence-corrected chi connectivity index (χ3v) is 4.36. The van der Waals surface area contributed by atoms with Crippen LogP contribution in [0.4, 0.5) is 13.2 Å². The zero-order valence-electron chi connectivity index (χ0n) is 14.8. The van der Waals surface area contributed by atoms with Gasteiger partial charge < -0.3 is 14.4 Å². The summed E-state index contributed by atoms with van der Waals surface area (Å²) in [6.07, 6.45) is -2.50. The average Bonchev–Trinajstić information content (AvgIpc) is 3.49. The molecule has 1 aliphatic rings. The SMILES string of the molecule is COc1ccc(CN(C(=O)COc2ccc(C(F)(F)F)cc2)C2CC2)cc1. The minimum atomic E-state index is -4.39. The summed E-state index contributed by atoms with van der Waals surface area (Å²) in [7, 11) is 1.59. The predicted molar refractivity (Wildman–Crippen MR) is 93.5 cm³/mol. The molecule has 1 aliphatic carbocycles. The molecular formula is C20H20F3NO3. The Hall–Kier alpha value is -2.70. The molecule has 0 atom stereocenters. The molecule has 2 aromatic carbocycles. The fourth-order valence-corrected chi connectivity index (χ4v) is 2.70. The smallest absolute Gasteiger partial charge is 0.416 e. The van der Waals surface area contributed by atoms with Crippen molar-refractivity contribution in [1.29, 1.82) is 0 Å². The van der Waals surface area contributed by atoms with Crippen molar-refractivity contribution in [1.82, 2.24) is 4.90 Å². The van der Waals surface area contributed by atoms with Gasteiger partial charge in [-0.05, 0) is 54.8 Å². The first-order chi connectivity index (χ1) is 12.9. The summed E-state index contributed by atoms with van der Waals surface area (Å²) in [5.74, 6) is 0.790. The number of carbonyl (C=O) groups is 1. The van der Waals surface area contributed by atoms with Crippen molar-refractivity contribution in [2.24, 2.45) is 0 Å². The van der Waals surface area contributed by atoms with Crippen LogP contribution in [0.2, 0.25) is 0 Å². The summed E-state index contributed by atoms with van der Waals surface area (Å²) in [4.78, 5) is 14.3. The highest BCUT2D eigenvalue weighted by molar-refractivity contribution is 5.78. The van der Waals surface area contributed by atoms with Crippen molar-refractivity contribution >= 4 is 5.91 Å². The Kier molecular flexibility index (Phi) is 5.58. The van der Waals surface area contributed by atoms with Gasteiger partial charge in [-0.3, -0.25) is 4.79 Å². The molecule has 2 aromatic rings. The van der Waals surface area contributed by atoms with Crippen LogP contribution in [0.15, 0.2) is 48.5 Å². The second-order valence-corrected chi connectivity index (χ2v) is 6.41. The second kappa shape index (κ2) is 7.90. The van der Waals surface area contributed by atoms with E-state index in [1.54, 1.807) is 12.0 Å². The highest BCUT2D eigenvalue weighted by atomic mass is 19.4. The van der Waals surface area contributed by atoms with Crippen molar-refractivity contribution in [2.45, 2.75) is 31.6 Å². The van der Waals surface area contributed by atoms with Crippen LogP contribution in [0.1, 0.15) is 24.0 Å². The maximum Gasteiger partial charge on any atom is 0.416 e. The van der Waals surface area contributed by atoms with Gasteiger partial charge in [0.05, 0.1) is 12.7 Å². The van der Waals surface area contributed by atoms with Crippen LogP contribution >= 0.6 is 0 Å². The Morgan fingerprint density at radius 3 is 2.15 bits per heavy atom. The molecule has 0 spiro atoms. The number of methoxy groups -OCH3 is 1. The van der Waals surface area contributed by atoms with E-state index in [4.69, 9.17) is 9.47 Å². The number of rotatable bonds is 7. The van der Waals surface area contributed by atoms with Gasteiger partial charge in [0, 0.05) is 12.6 Å². The number of benzene rings is 2. The lowest BCUT2D eigenvalue weighted by Crippen LogP contribution is -2.36. The van der Waals surface area contributed by atoms with E-state index in [1.807, 2.05) is 24.3 Å². The monoisotopic (exact) mass is 379 g/mol. The Bertz CT molecular complexity index is 769. The molecule has 27 heavy (non-hydrogen) atoms. The number of hydrogen-bond acceptors (Lipinski definition) is 3. The molecule has 7 heteroatoms. The molecule has 0 saturated heterocycles. The van der Waals surface area contributed by atoms with E-state index in [2.05, 4.69) is 0 Å². The normalized spacial score (nSPS) is 13.9. The minimum Gasteiger partial charge on any atom is -0.497 e. The first kappa shape index (κ1) is 19.1. The molecule has 0 N–H and O–H groups in total. The Balaban J connectivity index is 1.58. The molecule has 1 amide bonds. The largest absolute Gasteiger partial charge is 0.497 e. The standard InChI is InChI=1S/C20H20F3NO3/c1-26-17-8-2-14(3-9-17)12-24(16-6-7-16)19(25)13-27-18-10-4-15(5-11-18)20(21,22)23/h2-5,8-11,16H,6-7,12-13H2,1H3.